The topological polar surface area (TPSA) is 139 Å². The number of aromatic nitrogens is 2. The first-order valence-corrected chi connectivity index (χ1v) is 10.6. The van der Waals surface area contributed by atoms with Gasteiger partial charge in [-0.15, -0.1) is 0 Å². The SMILES string of the molecule is Nc1nc(N)c(C(=O)/C=C2\NCC3(CCN(C(=O)/C=C/c4ccccc4)CC3)N2)nc1Cl. The maximum atomic E-state index is 12.6. The van der Waals surface area contributed by atoms with Crippen LogP contribution in [0.2, 0.25) is 5.15 Å². The molecule has 1 spiro atoms. The van der Waals surface area contributed by atoms with E-state index in [1.165, 1.54) is 6.08 Å². The largest absolute Gasteiger partial charge is 0.382 e. The standard InChI is InChI=1S/C22H24ClN7O2/c23-19-21(25)28-20(24)18(27-19)15(31)12-16-26-13-22(29-16)8-10-30(11-9-22)17(32)7-6-14-4-2-1-3-5-14/h1-7,12,26,29H,8-11,13H2,(H4,24,25,28)/b7-6+,16-12+. The van der Waals surface area contributed by atoms with Crippen molar-refractivity contribution in [2.24, 2.45) is 0 Å². The van der Waals surface area contributed by atoms with Gasteiger partial charge < -0.3 is 27.0 Å². The van der Waals surface area contributed by atoms with Gasteiger partial charge in [0, 0.05) is 31.8 Å². The molecule has 2 aliphatic rings. The second kappa shape index (κ2) is 8.88. The van der Waals surface area contributed by atoms with Gasteiger partial charge in [0.05, 0.1) is 5.54 Å². The highest BCUT2D eigenvalue weighted by atomic mass is 35.5. The van der Waals surface area contributed by atoms with Crippen molar-refractivity contribution < 1.29 is 9.59 Å². The van der Waals surface area contributed by atoms with Gasteiger partial charge in [0.25, 0.3) is 0 Å². The fourth-order valence-corrected chi connectivity index (χ4v) is 3.97. The summed E-state index contributed by atoms with van der Waals surface area (Å²) < 4.78 is 0. The summed E-state index contributed by atoms with van der Waals surface area (Å²) in [6.45, 7) is 1.90. The van der Waals surface area contributed by atoms with Gasteiger partial charge in [0.1, 0.15) is 5.82 Å². The molecule has 32 heavy (non-hydrogen) atoms. The zero-order chi connectivity index (χ0) is 22.7. The summed E-state index contributed by atoms with van der Waals surface area (Å²) in [5.74, 6) is 0.0478. The fraction of sp³-hybridized carbons (Fsp3) is 0.273. The van der Waals surface area contributed by atoms with Crippen LogP contribution in [0.1, 0.15) is 28.9 Å². The molecule has 0 radical (unpaired) electrons. The first-order valence-electron chi connectivity index (χ1n) is 10.2. The van der Waals surface area contributed by atoms with Crippen molar-refractivity contribution in [2.45, 2.75) is 18.4 Å². The number of nitrogen functional groups attached to an aromatic ring is 2. The third-order valence-electron chi connectivity index (χ3n) is 5.68. The van der Waals surface area contributed by atoms with E-state index in [-0.39, 0.29) is 33.9 Å². The second-order valence-corrected chi connectivity index (χ2v) is 8.24. The summed E-state index contributed by atoms with van der Waals surface area (Å²) in [4.78, 5) is 34.7. The van der Waals surface area contributed by atoms with E-state index in [1.54, 1.807) is 6.08 Å². The number of rotatable bonds is 4. The van der Waals surface area contributed by atoms with Crippen molar-refractivity contribution in [3.63, 3.8) is 0 Å². The summed E-state index contributed by atoms with van der Waals surface area (Å²) >= 11 is 5.86. The number of hydrogen-bond donors (Lipinski definition) is 4. The molecule has 1 aromatic heterocycles. The highest BCUT2D eigenvalue weighted by Crippen LogP contribution is 2.27. The Morgan fingerprint density at radius 1 is 1.09 bits per heavy atom. The van der Waals surface area contributed by atoms with Crippen molar-refractivity contribution in [1.29, 1.82) is 0 Å². The van der Waals surface area contributed by atoms with E-state index >= 15 is 0 Å². The molecule has 0 unspecified atom stereocenters. The molecule has 0 saturated carbocycles. The van der Waals surface area contributed by atoms with Crippen molar-refractivity contribution in [3.05, 3.63) is 64.7 Å². The number of piperidine rings is 1. The van der Waals surface area contributed by atoms with Crippen molar-refractivity contribution >= 4 is 41.0 Å². The Hall–Kier alpha value is -3.59. The molecule has 2 fully saturated rings. The van der Waals surface area contributed by atoms with E-state index < -0.39 is 5.78 Å². The minimum atomic E-state index is -0.428. The molecule has 0 bridgehead atoms. The number of nitrogens with two attached hydrogens (primary N) is 2. The molecule has 6 N–H and O–H groups in total. The molecule has 9 nitrogen and oxygen atoms in total. The van der Waals surface area contributed by atoms with Gasteiger partial charge in [-0.2, -0.15) is 0 Å². The molecule has 3 heterocycles. The lowest BCUT2D eigenvalue weighted by Gasteiger charge is -2.38. The molecule has 0 aliphatic carbocycles. The molecule has 2 saturated heterocycles. The van der Waals surface area contributed by atoms with Crippen LogP contribution < -0.4 is 22.1 Å². The number of halogens is 1. The second-order valence-electron chi connectivity index (χ2n) is 7.88. The van der Waals surface area contributed by atoms with Crippen LogP contribution in [0.25, 0.3) is 6.08 Å². The molecule has 10 heteroatoms. The molecule has 1 aromatic carbocycles. The molecule has 2 aromatic rings. The normalized spacial score (nSPS) is 18.7. The summed E-state index contributed by atoms with van der Waals surface area (Å²) in [6.07, 6.45) is 6.34. The summed E-state index contributed by atoms with van der Waals surface area (Å²) in [6, 6.07) is 9.72. The Labute approximate surface area is 190 Å². The zero-order valence-corrected chi connectivity index (χ0v) is 18.1. The van der Waals surface area contributed by atoms with Crippen molar-refractivity contribution in [1.82, 2.24) is 25.5 Å². The lowest BCUT2D eigenvalue weighted by atomic mass is 9.88. The molecule has 1 amide bonds. The third kappa shape index (κ3) is 4.67. The lowest BCUT2D eigenvalue weighted by molar-refractivity contribution is -0.127. The monoisotopic (exact) mass is 453 g/mol. The number of benzene rings is 1. The van der Waals surface area contributed by atoms with Crippen molar-refractivity contribution in [2.75, 3.05) is 31.1 Å². The summed E-state index contributed by atoms with van der Waals surface area (Å²) in [5, 5.41) is 6.55. The van der Waals surface area contributed by atoms with Gasteiger partial charge in [0.2, 0.25) is 11.7 Å². The van der Waals surface area contributed by atoms with Crippen LogP contribution >= 0.6 is 11.6 Å². The number of anilines is 2. The predicted octanol–water partition coefficient (Wildman–Crippen LogP) is 1.59. The smallest absolute Gasteiger partial charge is 0.246 e. The fourth-order valence-electron chi connectivity index (χ4n) is 3.84. The van der Waals surface area contributed by atoms with Crippen LogP contribution in [0.4, 0.5) is 11.6 Å². The van der Waals surface area contributed by atoms with Crippen LogP contribution in [-0.2, 0) is 4.79 Å². The molecule has 166 valence electrons. The van der Waals surface area contributed by atoms with E-state index in [4.69, 9.17) is 23.1 Å². The maximum Gasteiger partial charge on any atom is 0.246 e. The number of likely N-dealkylation sites (tertiary alicyclic amines) is 1. The first kappa shape index (κ1) is 21.6. The summed E-state index contributed by atoms with van der Waals surface area (Å²) in [7, 11) is 0. The van der Waals surface area contributed by atoms with Crippen LogP contribution in [0, 0.1) is 0 Å². The molecular weight excluding hydrogens is 430 g/mol. The van der Waals surface area contributed by atoms with E-state index in [1.807, 2.05) is 41.3 Å². The average molecular weight is 454 g/mol. The van der Waals surface area contributed by atoms with Crippen LogP contribution in [0.15, 0.2) is 48.3 Å². The molecule has 4 rings (SSSR count). The van der Waals surface area contributed by atoms with E-state index in [0.717, 1.165) is 18.4 Å². The Kier molecular flexibility index (Phi) is 6.00. The minimum absolute atomic E-state index is 0.00474. The quantitative estimate of drug-likeness (QED) is 0.404. The zero-order valence-electron chi connectivity index (χ0n) is 17.3. The number of carbonyl (C=O) groups excluding carboxylic acids is 2. The number of amides is 1. The number of allylic oxidation sites excluding steroid dienone is 1. The van der Waals surface area contributed by atoms with Gasteiger partial charge in [-0.05, 0) is 24.5 Å². The Bertz CT molecular complexity index is 1090. The van der Waals surface area contributed by atoms with Crippen LogP contribution in [0.5, 0.6) is 0 Å². The predicted molar refractivity (Wildman–Crippen MR) is 123 cm³/mol. The first-order chi connectivity index (χ1) is 15.3. The Balaban J connectivity index is 1.35. The van der Waals surface area contributed by atoms with Gasteiger partial charge in [-0.25, -0.2) is 9.97 Å². The lowest BCUT2D eigenvalue weighted by Crippen LogP contribution is -2.52. The number of ketones is 1. The highest BCUT2D eigenvalue weighted by molar-refractivity contribution is 6.31. The number of carbonyl (C=O) groups is 2. The van der Waals surface area contributed by atoms with Gasteiger partial charge >= 0.3 is 0 Å². The molecule has 0 atom stereocenters. The Morgan fingerprint density at radius 2 is 1.81 bits per heavy atom. The number of hydrogen-bond acceptors (Lipinski definition) is 8. The molecular formula is C22H24ClN7O2. The van der Waals surface area contributed by atoms with E-state index in [2.05, 4.69) is 20.6 Å². The van der Waals surface area contributed by atoms with Crippen molar-refractivity contribution in [3.8, 4) is 0 Å². The minimum Gasteiger partial charge on any atom is -0.382 e. The van der Waals surface area contributed by atoms with Gasteiger partial charge in [0.15, 0.2) is 22.5 Å². The number of nitrogens with zero attached hydrogens (tertiary/aromatic N) is 3. The average Bonchev–Trinajstić information content (AvgIpc) is 3.17. The highest BCUT2D eigenvalue weighted by Gasteiger charge is 2.39. The van der Waals surface area contributed by atoms with E-state index in [0.29, 0.717) is 25.5 Å². The van der Waals surface area contributed by atoms with Gasteiger partial charge in [-0.1, -0.05) is 41.9 Å². The molecule has 2 aliphatic heterocycles. The van der Waals surface area contributed by atoms with Crippen LogP contribution in [-0.4, -0.2) is 51.7 Å². The Morgan fingerprint density at radius 3 is 2.53 bits per heavy atom. The van der Waals surface area contributed by atoms with Crippen LogP contribution in [0.3, 0.4) is 0 Å². The number of nitrogens with one attached hydrogen (secondary N) is 2. The van der Waals surface area contributed by atoms with E-state index in [9.17, 15) is 9.59 Å². The third-order valence-corrected chi connectivity index (χ3v) is 5.96. The summed E-state index contributed by atoms with van der Waals surface area (Å²) in [5.41, 5.74) is 12.0. The maximum absolute atomic E-state index is 12.6. The van der Waals surface area contributed by atoms with Gasteiger partial charge in [-0.3, -0.25) is 9.59 Å².